The highest BCUT2D eigenvalue weighted by Gasteiger charge is 2.17. The minimum Gasteiger partial charge on any atom is -0.368 e. The maximum Gasteiger partial charge on any atom is 0.246 e. The van der Waals surface area contributed by atoms with Crippen molar-refractivity contribution < 1.29 is 14.3 Å². The zero-order valence-electron chi connectivity index (χ0n) is 14.6. The summed E-state index contributed by atoms with van der Waals surface area (Å²) in [7, 11) is 0. The van der Waals surface area contributed by atoms with E-state index in [2.05, 4.69) is 12.2 Å². The summed E-state index contributed by atoms with van der Waals surface area (Å²) in [6, 6.07) is 9.02. The second-order valence-corrected chi connectivity index (χ2v) is 6.06. The molecule has 5 nitrogen and oxygen atoms in total. The molecule has 0 aliphatic rings. The number of unbranched alkanes of at least 4 members (excludes halogenated alkanes) is 5. The van der Waals surface area contributed by atoms with Crippen LogP contribution in [0.4, 0.5) is 0 Å². The first-order valence-corrected chi connectivity index (χ1v) is 8.83. The number of primary amides is 1. The zero-order chi connectivity index (χ0) is 17.6. The van der Waals surface area contributed by atoms with Crippen LogP contribution in [0.3, 0.4) is 0 Å². The van der Waals surface area contributed by atoms with Crippen LogP contribution in [0, 0.1) is 0 Å². The van der Waals surface area contributed by atoms with Crippen molar-refractivity contribution in [1.29, 1.82) is 0 Å². The van der Waals surface area contributed by atoms with Crippen LogP contribution in [0.25, 0.3) is 0 Å². The Bertz CT molecular complexity index is 477. The van der Waals surface area contributed by atoms with Gasteiger partial charge in [0.15, 0.2) is 0 Å². The molecule has 0 radical (unpaired) electrons. The first-order chi connectivity index (χ1) is 11.6. The van der Waals surface area contributed by atoms with Gasteiger partial charge in [-0.05, 0) is 12.0 Å². The minimum atomic E-state index is -0.607. The molecule has 0 unspecified atom stereocenters. The molecule has 0 aliphatic heterocycles. The Balaban J connectivity index is 2.21. The van der Waals surface area contributed by atoms with E-state index >= 15 is 0 Å². The van der Waals surface area contributed by atoms with Gasteiger partial charge >= 0.3 is 0 Å². The molecule has 1 rings (SSSR count). The van der Waals surface area contributed by atoms with Gasteiger partial charge in [0.1, 0.15) is 12.6 Å². The van der Waals surface area contributed by atoms with Crippen molar-refractivity contribution in [3.05, 3.63) is 35.9 Å². The predicted molar refractivity (Wildman–Crippen MR) is 95.2 cm³/mol. The van der Waals surface area contributed by atoms with E-state index in [4.69, 9.17) is 10.5 Å². The number of hydrogen-bond donors (Lipinski definition) is 2. The maximum atomic E-state index is 11.9. The van der Waals surface area contributed by atoms with E-state index in [1.54, 1.807) is 0 Å². The van der Waals surface area contributed by atoms with E-state index in [1.165, 1.54) is 19.3 Å². The van der Waals surface area contributed by atoms with E-state index in [0.29, 0.717) is 13.0 Å². The number of carbonyl (C=O) groups is 2. The molecule has 0 aliphatic carbocycles. The zero-order valence-corrected chi connectivity index (χ0v) is 14.6. The highest BCUT2D eigenvalue weighted by atomic mass is 16.5. The minimum absolute atomic E-state index is 0.0742. The van der Waals surface area contributed by atoms with Crippen LogP contribution >= 0.6 is 0 Å². The van der Waals surface area contributed by atoms with Gasteiger partial charge in [-0.25, -0.2) is 0 Å². The van der Waals surface area contributed by atoms with E-state index < -0.39 is 11.9 Å². The molecule has 1 aromatic rings. The Kier molecular flexibility index (Phi) is 10.5. The van der Waals surface area contributed by atoms with Crippen LogP contribution in [0.15, 0.2) is 30.3 Å². The fourth-order valence-electron chi connectivity index (χ4n) is 2.49. The fourth-order valence-corrected chi connectivity index (χ4v) is 2.49. The normalized spacial score (nSPS) is 11.9. The number of hydrogen-bond acceptors (Lipinski definition) is 3. The van der Waals surface area contributed by atoms with Crippen molar-refractivity contribution in [3.8, 4) is 0 Å². The smallest absolute Gasteiger partial charge is 0.246 e. The van der Waals surface area contributed by atoms with Crippen LogP contribution < -0.4 is 11.1 Å². The molecule has 0 fully saturated rings. The van der Waals surface area contributed by atoms with Gasteiger partial charge in [-0.3, -0.25) is 9.59 Å². The molecule has 0 saturated carbocycles. The Morgan fingerprint density at radius 3 is 2.42 bits per heavy atom. The van der Waals surface area contributed by atoms with Gasteiger partial charge < -0.3 is 15.8 Å². The number of ether oxygens (including phenoxy) is 1. The first kappa shape index (κ1) is 20.2. The second kappa shape index (κ2) is 12.5. The van der Waals surface area contributed by atoms with Crippen molar-refractivity contribution >= 4 is 11.8 Å². The molecule has 0 aromatic heterocycles. The molecule has 3 N–H and O–H groups in total. The van der Waals surface area contributed by atoms with E-state index in [0.717, 1.165) is 24.8 Å². The maximum absolute atomic E-state index is 11.9. The topological polar surface area (TPSA) is 81.4 Å². The lowest BCUT2D eigenvalue weighted by Crippen LogP contribution is -2.45. The number of benzene rings is 1. The summed E-state index contributed by atoms with van der Waals surface area (Å²) in [5.74, 6) is -0.791. The molecule has 0 heterocycles. The Morgan fingerprint density at radius 2 is 1.75 bits per heavy atom. The summed E-state index contributed by atoms with van der Waals surface area (Å²) in [5, 5.41) is 2.67. The predicted octanol–water partition coefficient (Wildman–Crippen LogP) is 2.92. The van der Waals surface area contributed by atoms with Crippen molar-refractivity contribution in [2.24, 2.45) is 5.73 Å². The van der Waals surface area contributed by atoms with Crippen LogP contribution in [-0.4, -0.2) is 24.5 Å². The Labute approximate surface area is 145 Å². The highest BCUT2D eigenvalue weighted by molar-refractivity contribution is 5.86. The summed E-state index contributed by atoms with van der Waals surface area (Å²) < 4.78 is 5.37. The van der Waals surface area contributed by atoms with E-state index in [-0.39, 0.29) is 12.5 Å². The van der Waals surface area contributed by atoms with Crippen molar-refractivity contribution in [1.82, 2.24) is 5.32 Å². The van der Waals surface area contributed by atoms with Crippen LogP contribution in [0.2, 0.25) is 0 Å². The van der Waals surface area contributed by atoms with Crippen LogP contribution in [-0.2, 0) is 20.9 Å². The van der Waals surface area contributed by atoms with Gasteiger partial charge in [-0.1, -0.05) is 75.8 Å². The van der Waals surface area contributed by atoms with E-state index in [9.17, 15) is 9.59 Å². The van der Waals surface area contributed by atoms with Gasteiger partial charge in [-0.15, -0.1) is 0 Å². The SMILES string of the molecule is CCCCCCCC[C@@H](NC(=O)COCc1ccccc1)C(N)=O. The third-order valence-corrected chi connectivity index (χ3v) is 3.87. The van der Waals surface area contributed by atoms with Gasteiger partial charge in [0.05, 0.1) is 6.61 Å². The van der Waals surface area contributed by atoms with Gasteiger partial charge in [0.25, 0.3) is 0 Å². The summed E-state index contributed by atoms with van der Waals surface area (Å²) in [6.07, 6.45) is 7.38. The molecule has 0 saturated heterocycles. The van der Waals surface area contributed by atoms with E-state index in [1.807, 2.05) is 30.3 Å². The standard InChI is InChI=1S/C19H30N2O3/c1-2-3-4-5-6-10-13-17(19(20)23)21-18(22)15-24-14-16-11-8-7-9-12-16/h7-9,11-12,17H,2-6,10,13-15H2,1H3,(H2,20,23)(H,21,22)/t17-/m1/s1. The first-order valence-electron chi connectivity index (χ1n) is 8.83. The van der Waals surface area contributed by atoms with Crippen LogP contribution in [0.5, 0.6) is 0 Å². The number of amides is 2. The van der Waals surface area contributed by atoms with Crippen molar-refractivity contribution in [3.63, 3.8) is 0 Å². The summed E-state index contributed by atoms with van der Waals surface area (Å²) in [4.78, 5) is 23.3. The number of nitrogens with one attached hydrogen (secondary N) is 1. The lowest BCUT2D eigenvalue weighted by molar-refractivity contribution is -0.130. The molecule has 5 heteroatoms. The number of nitrogens with two attached hydrogens (primary N) is 1. The fraction of sp³-hybridized carbons (Fsp3) is 0.579. The summed E-state index contributed by atoms with van der Waals surface area (Å²) >= 11 is 0. The largest absolute Gasteiger partial charge is 0.368 e. The molecule has 1 aromatic carbocycles. The molecule has 2 amide bonds. The third-order valence-electron chi connectivity index (χ3n) is 3.87. The average molecular weight is 334 g/mol. The molecule has 134 valence electrons. The third kappa shape index (κ3) is 9.30. The molecule has 0 spiro atoms. The summed E-state index contributed by atoms with van der Waals surface area (Å²) in [5.41, 5.74) is 6.38. The molecule has 1 atom stereocenters. The summed E-state index contributed by atoms with van der Waals surface area (Å²) in [6.45, 7) is 2.47. The quantitative estimate of drug-likeness (QED) is 0.544. The number of rotatable bonds is 13. The average Bonchev–Trinajstić information content (AvgIpc) is 2.57. The van der Waals surface area contributed by atoms with Crippen LogP contribution in [0.1, 0.15) is 57.4 Å². The lowest BCUT2D eigenvalue weighted by atomic mass is 10.1. The Morgan fingerprint density at radius 1 is 1.08 bits per heavy atom. The monoisotopic (exact) mass is 334 g/mol. The Hall–Kier alpha value is -1.88. The van der Waals surface area contributed by atoms with Crippen molar-refractivity contribution in [2.75, 3.05) is 6.61 Å². The number of carbonyl (C=O) groups excluding carboxylic acids is 2. The second-order valence-electron chi connectivity index (χ2n) is 6.06. The molecule has 0 bridgehead atoms. The highest BCUT2D eigenvalue weighted by Crippen LogP contribution is 2.08. The molecular weight excluding hydrogens is 304 g/mol. The van der Waals surface area contributed by atoms with Gasteiger partial charge in [0, 0.05) is 0 Å². The van der Waals surface area contributed by atoms with Gasteiger partial charge in [-0.2, -0.15) is 0 Å². The van der Waals surface area contributed by atoms with Crippen molar-refractivity contribution in [2.45, 2.75) is 64.5 Å². The molecular formula is C19H30N2O3. The molecule has 24 heavy (non-hydrogen) atoms. The van der Waals surface area contributed by atoms with Gasteiger partial charge in [0.2, 0.25) is 11.8 Å². The lowest BCUT2D eigenvalue weighted by Gasteiger charge is -2.15.